The minimum atomic E-state index is -0.394. The Balaban J connectivity index is 3.20. The maximum Gasteiger partial charge on any atom is 0.324 e. The van der Waals surface area contributed by atoms with Crippen molar-refractivity contribution in [3.05, 3.63) is 34.9 Å². The molecule has 17 heavy (non-hydrogen) atoms. The zero-order valence-electron chi connectivity index (χ0n) is 11.0. The van der Waals surface area contributed by atoms with E-state index in [0.29, 0.717) is 0 Å². The van der Waals surface area contributed by atoms with Crippen LogP contribution in [-0.4, -0.2) is 13.1 Å². The van der Waals surface area contributed by atoms with Crippen molar-refractivity contribution >= 4 is 21.9 Å². The van der Waals surface area contributed by atoms with Crippen LogP contribution in [0.4, 0.5) is 0 Å². The van der Waals surface area contributed by atoms with Gasteiger partial charge in [-0.2, -0.15) is 0 Å². The second-order valence-electron chi connectivity index (χ2n) is 5.21. The molecule has 1 aromatic carbocycles. The lowest BCUT2D eigenvalue weighted by Crippen LogP contribution is -2.14. The van der Waals surface area contributed by atoms with Crippen LogP contribution < -0.4 is 0 Å². The van der Waals surface area contributed by atoms with Crippen LogP contribution >= 0.6 is 15.9 Å². The van der Waals surface area contributed by atoms with Gasteiger partial charge >= 0.3 is 5.97 Å². The third kappa shape index (κ3) is 3.32. The molecule has 0 spiro atoms. The van der Waals surface area contributed by atoms with E-state index >= 15 is 0 Å². The number of benzene rings is 1. The van der Waals surface area contributed by atoms with Crippen LogP contribution in [0.3, 0.4) is 0 Å². The highest BCUT2D eigenvalue weighted by Gasteiger charge is 2.22. The number of carbonyl (C=O) groups is 1. The highest BCUT2D eigenvalue weighted by atomic mass is 79.9. The molecule has 1 unspecified atom stereocenters. The number of hydrogen-bond donors (Lipinski definition) is 0. The van der Waals surface area contributed by atoms with Crippen molar-refractivity contribution < 1.29 is 9.53 Å². The first-order chi connectivity index (χ1) is 7.77. The average molecular weight is 299 g/mol. The Morgan fingerprint density at radius 1 is 1.35 bits per heavy atom. The summed E-state index contributed by atoms with van der Waals surface area (Å²) in [6.45, 7) is 8.47. The van der Waals surface area contributed by atoms with Crippen molar-refractivity contribution in [3.63, 3.8) is 0 Å². The molecule has 1 rings (SSSR count). The van der Waals surface area contributed by atoms with E-state index < -0.39 is 4.83 Å². The third-order valence-electron chi connectivity index (χ3n) is 2.83. The van der Waals surface area contributed by atoms with E-state index in [4.69, 9.17) is 4.74 Å². The minimum absolute atomic E-state index is 0.0747. The number of aryl methyl sites for hydroxylation is 1. The van der Waals surface area contributed by atoms with Gasteiger partial charge in [0.2, 0.25) is 0 Å². The highest BCUT2D eigenvalue weighted by molar-refractivity contribution is 9.09. The standard InChI is InChI=1S/C14H19BrO2/c1-9-6-7-10(14(2,3)4)8-11(9)12(15)13(16)17-5/h6-8,12H,1-5H3. The summed E-state index contributed by atoms with van der Waals surface area (Å²) in [5.74, 6) is -0.265. The van der Waals surface area contributed by atoms with Crippen LogP contribution in [0.5, 0.6) is 0 Å². The number of rotatable bonds is 2. The van der Waals surface area contributed by atoms with E-state index in [0.717, 1.165) is 11.1 Å². The Morgan fingerprint density at radius 3 is 2.41 bits per heavy atom. The quantitative estimate of drug-likeness (QED) is 0.611. The minimum Gasteiger partial charge on any atom is -0.468 e. The maximum absolute atomic E-state index is 11.6. The molecule has 0 heterocycles. The summed E-state index contributed by atoms with van der Waals surface area (Å²) in [4.78, 5) is 11.2. The van der Waals surface area contributed by atoms with Crippen molar-refractivity contribution in [2.24, 2.45) is 0 Å². The van der Waals surface area contributed by atoms with Crippen molar-refractivity contribution in [2.75, 3.05) is 7.11 Å². The van der Waals surface area contributed by atoms with Gasteiger partial charge in [-0.25, -0.2) is 0 Å². The normalized spacial score (nSPS) is 13.3. The van der Waals surface area contributed by atoms with E-state index in [2.05, 4.69) is 48.8 Å². The van der Waals surface area contributed by atoms with E-state index in [1.807, 2.05) is 13.0 Å². The first-order valence-electron chi connectivity index (χ1n) is 5.60. The van der Waals surface area contributed by atoms with Gasteiger partial charge in [0.25, 0.3) is 0 Å². The molecule has 0 radical (unpaired) electrons. The van der Waals surface area contributed by atoms with E-state index in [-0.39, 0.29) is 11.4 Å². The van der Waals surface area contributed by atoms with Gasteiger partial charge in [0.05, 0.1) is 7.11 Å². The fourth-order valence-electron chi connectivity index (χ4n) is 1.61. The van der Waals surface area contributed by atoms with Crippen molar-refractivity contribution in [1.29, 1.82) is 0 Å². The topological polar surface area (TPSA) is 26.3 Å². The van der Waals surface area contributed by atoms with Gasteiger partial charge in [0.15, 0.2) is 0 Å². The van der Waals surface area contributed by atoms with Crippen molar-refractivity contribution in [3.8, 4) is 0 Å². The van der Waals surface area contributed by atoms with Gasteiger partial charge in [0.1, 0.15) is 4.83 Å². The monoisotopic (exact) mass is 298 g/mol. The molecule has 0 saturated carbocycles. The van der Waals surface area contributed by atoms with Crippen LogP contribution in [0.2, 0.25) is 0 Å². The molecule has 0 bridgehead atoms. The third-order valence-corrected chi connectivity index (χ3v) is 3.69. The summed E-state index contributed by atoms with van der Waals surface area (Å²) in [6.07, 6.45) is 0. The van der Waals surface area contributed by atoms with E-state index in [9.17, 15) is 4.79 Å². The van der Waals surface area contributed by atoms with Crippen LogP contribution in [0.15, 0.2) is 18.2 Å². The Bertz CT molecular complexity index is 419. The molecule has 0 N–H and O–H groups in total. The Labute approximate surface area is 111 Å². The summed E-state index contributed by atoms with van der Waals surface area (Å²) in [7, 11) is 1.40. The second-order valence-corrected chi connectivity index (χ2v) is 6.12. The molecular weight excluding hydrogens is 280 g/mol. The average Bonchev–Trinajstić information content (AvgIpc) is 2.26. The SMILES string of the molecule is COC(=O)C(Br)c1cc(C(C)(C)C)ccc1C. The smallest absolute Gasteiger partial charge is 0.324 e. The molecule has 0 aliphatic heterocycles. The number of hydrogen-bond acceptors (Lipinski definition) is 2. The summed E-state index contributed by atoms with van der Waals surface area (Å²) < 4.78 is 4.76. The lowest BCUT2D eigenvalue weighted by Gasteiger charge is -2.21. The number of ether oxygens (including phenoxy) is 1. The first kappa shape index (κ1) is 14.2. The van der Waals surface area contributed by atoms with Crippen LogP contribution in [0, 0.1) is 6.92 Å². The Morgan fingerprint density at radius 2 is 1.94 bits per heavy atom. The molecular formula is C14H19BrO2. The van der Waals surface area contributed by atoms with Gasteiger partial charge in [0, 0.05) is 0 Å². The van der Waals surface area contributed by atoms with Gasteiger partial charge in [-0.15, -0.1) is 0 Å². The molecule has 3 heteroatoms. The fraction of sp³-hybridized carbons (Fsp3) is 0.500. The summed E-state index contributed by atoms with van der Waals surface area (Å²) >= 11 is 3.39. The summed E-state index contributed by atoms with van der Waals surface area (Å²) in [5, 5.41) is 0. The Hall–Kier alpha value is -0.830. The number of halogens is 1. The number of alkyl halides is 1. The van der Waals surface area contributed by atoms with E-state index in [1.165, 1.54) is 12.7 Å². The van der Waals surface area contributed by atoms with Gasteiger partial charge < -0.3 is 4.74 Å². The van der Waals surface area contributed by atoms with Crippen molar-refractivity contribution in [2.45, 2.75) is 37.9 Å². The predicted molar refractivity (Wildman–Crippen MR) is 73.6 cm³/mol. The Kier molecular flexibility index (Phi) is 4.36. The lowest BCUT2D eigenvalue weighted by atomic mass is 9.85. The van der Waals surface area contributed by atoms with Crippen LogP contribution in [-0.2, 0) is 14.9 Å². The zero-order valence-corrected chi connectivity index (χ0v) is 12.6. The number of carbonyl (C=O) groups excluding carboxylic acids is 1. The molecule has 0 amide bonds. The molecule has 0 saturated heterocycles. The predicted octanol–water partition coefficient (Wildman–Crippen LogP) is 3.90. The van der Waals surface area contributed by atoms with Gasteiger partial charge in [-0.05, 0) is 29.0 Å². The first-order valence-corrected chi connectivity index (χ1v) is 6.52. The molecule has 0 aliphatic carbocycles. The van der Waals surface area contributed by atoms with Gasteiger partial charge in [-0.3, -0.25) is 4.79 Å². The highest BCUT2D eigenvalue weighted by Crippen LogP contribution is 2.31. The van der Waals surface area contributed by atoms with Crippen LogP contribution in [0.25, 0.3) is 0 Å². The molecule has 1 atom stereocenters. The molecule has 1 aromatic rings. The fourth-order valence-corrected chi connectivity index (χ4v) is 2.29. The summed E-state index contributed by atoms with van der Waals surface area (Å²) in [6, 6.07) is 6.23. The summed E-state index contributed by atoms with van der Waals surface area (Å²) in [5.41, 5.74) is 3.35. The van der Waals surface area contributed by atoms with Gasteiger partial charge in [-0.1, -0.05) is 54.9 Å². The second kappa shape index (κ2) is 5.21. The van der Waals surface area contributed by atoms with Crippen molar-refractivity contribution in [1.82, 2.24) is 0 Å². The largest absolute Gasteiger partial charge is 0.468 e. The maximum atomic E-state index is 11.6. The molecule has 2 nitrogen and oxygen atoms in total. The van der Waals surface area contributed by atoms with Crippen LogP contribution in [0.1, 0.15) is 42.3 Å². The lowest BCUT2D eigenvalue weighted by molar-refractivity contribution is -0.139. The number of methoxy groups -OCH3 is 1. The van der Waals surface area contributed by atoms with E-state index in [1.54, 1.807) is 0 Å². The molecule has 0 aliphatic rings. The molecule has 0 aromatic heterocycles. The number of esters is 1. The molecule has 0 fully saturated rings. The molecule has 94 valence electrons. The zero-order chi connectivity index (χ0) is 13.2.